The maximum Gasteiger partial charge on any atom is 0.268 e. The third-order valence-electron chi connectivity index (χ3n) is 2.78. The first kappa shape index (κ1) is 14.6. The summed E-state index contributed by atoms with van der Waals surface area (Å²) in [6.07, 6.45) is 0. The van der Waals surface area contributed by atoms with Crippen molar-refractivity contribution >= 4 is 5.91 Å². The van der Waals surface area contributed by atoms with Crippen LogP contribution in [0.4, 0.5) is 4.39 Å². The Balaban J connectivity index is 2.10. The Morgan fingerprint density at radius 1 is 1.52 bits per heavy atom. The van der Waals surface area contributed by atoms with Gasteiger partial charge in [0.1, 0.15) is 18.1 Å². The van der Waals surface area contributed by atoms with Gasteiger partial charge in [0.05, 0.1) is 17.2 Å². The molecule has 2 rings (SSSR count). The van der Waals surface area contributed by atoms with E-state index < -0.39 is 11.7 Å². The van der Waals surface area contributed by atoms with Gasteiger partial charge < -0.3 is 9.15 Å². The fourth-order valence-electron chi connectivity index (χ4n) is 1.75. The Morgan fingerprint density at radius 2 is 2.29 bits per heavy atom. The normalized spacial score (nSPS) is 10.0. The smallest absolute Gasteiger partial charge is 0.268 e. The number of halogens is 1. The highest BCUT2D eigenvalue weighted by atomic mass is 19.1. The number of furan rings is 1. The van der Waals surface area contributed by atoms with Crippen LogP contribution in [0.1, 0.15) is 27.4 Å². The number of carbonyl (C=O) groups is 1. The quantitative estimate of drug-likeness (QED) is 0.507. The first-order valence-corrected chi connectivity index (χ1v) is 5.98. The van der Waals surface area contributed by atoms with Gasteiger partial charge >= 0.3 is 0 Å². The molecule has 0 fully saturated rings. The molecule has 0 atom stereocenters. The molecule has 0 bridgehead atoms. The van der Waals surface area contributed by atoms with Gasteiger partial charge in [0.15, 0.2) is 11.6 Å². The number of hydrogen-bond donors (Lipinski definition) is 2. The van der Waals surface area contributed by atoms with Crippen LogP contribution in [0.15, 0.2) is 28.7 Å². The first-order valence-electron chi connectivity index (χ1n) is 5.98. The molecule has 0 unspecified atom stereocenters. The molecule has 0 aliphatic rings. The molecule has 0 saturated carbocycles. The van der Waals surface area contributed by atoms with Crippen LogP contribution in [0.25, 0.3) is 0 Å². The van der Waals surface area contributed by atoms with E-state index in [1.54, 1.807) is 6.92 Å². The van der Waals surface area contributed by atoms with Crippen LogP contribution in [-0.2, 0) is 6.61 Å². The number of benzene rings is 1. The molecular formula is C14H12FN3O3. The highest BCUT2D eigenvalue weighted by Gasteiger charge is 2.14. The van der Waals surface area contributed by atoms with E-state index in [-0.39, 0.29) is 23.5 Å². The van der Waals surface area contributed by atoms with Crippen LogP contribution in [0.3, 0.4) is 0 Å². The van der Waals surface area contributed by atoms with Gasteiger partial charge in [0.2, 0.25) is 0 Å². The maximum atomic E-state index is 13.6. The number of rotatable bonds is 4. The largest absolute Gasteiger partial charge is 0.483 e. The lowest BCUT2D eigenvalue weighted by molar-refractivity contribution is 0.0952. The number of aryl methyl sites for hydroxylation is 1. The number of nitrogens with zero attached hydrogens (tertiary/aromatic N) is 1. The van der Waals surface area contributed by atoms with Gasteiger partial charge in [-0.25, -0.2) is 10.2 Å². The second-order valence-electron chi connectivity index (χ2n) is 4.20. The molecule has 1 amide bonds. The zero-order valence-electron chi connectivity index (χ0n) is 11.1. The van der Waals surface area contributed by atoms with Crippen molar-refractivity contribution in [2.75, 3.05) is 0 Å². The Bertz CT molecular complexity index is 719. The zero-order valence-corrected chi connectivity index (χ0v) is 11.1. The Labute approximate surface area is 119 Å². The van der Waals surface area contributed by atoms with Crippen LogP contribution in [0.2, 0.25) is 0 Å². The number of nitrogen functional groups attached to an aromatic ring is 1. The fraction of sp³-hybridized carbons (Fsp3) is 0.143. The molecule has 1 aromatic heterocycles. The molecule has 0 aliphatic carbocycles. The molecule has 0 aliphatic heterocycles. The van der Waals surface area contributed by atoms with E-state index in [4.69, 9.17) is 20.3 Å². The minimum Gasteiger partial charge on any atom is -0.483 e. The summed E-state index contributed by atoms with van der Waals surface area (Å²) in [5, 5.41) is 8.65. The van der Waals surface area contributed by atoms with Gasteiger partial charge in [-0.2, -0.15) is 5.26 Å². The van der Waals surface area contributed by atoms with Gasteiger partial charge in [-0.1, -0.05) is 0 Å². The molecule has 21 heavy (non-hydrogen) atoms. The predicted molar refractivity (Wildman–Crippen MR) is 70.5 cm³/mol. The monoisotopic (exact) mass is 289 g/mol. The summed E-state index contributed by atoms with van der Waals surface area (Å²) < 4.78 is 24.2. The molecule has 0 radical (unpaired) electrons. The van der Waals surface area contributed by atoms with E-state index >= 15 is 0 Å². The number of nitriles is 1. The van der Waals surface area contributed by atoms with E-state index in [0.717, 1.165) is 6.07 Å². The fourth-order valence-corrected chi connectivity index (χ4v) is 1.75. The topological polar surface area (TPSA) is 101 Å². The molecule has 1 aromatic carbocycles. The van der Waals surface area contributed by atoms with Crippen molar-refractivity contribution in [1.82, 2.24) is 5.43 Å². The van der Waals surface area contributed by atoms with Crippen LogP contribution < -0.4 is 16.0 Å². The summed E-state index contributed by atoms with van der Waals surface area (Å²) >= 11 is 0. The van der Waals surface area contributed by atoms with Crippen molar-refractivity contribution in [2.24, 2.45) is 5.84 Å². The van der Waals surface area contributed by atoms with Crippen molar-refractivity contribution in [2.45, 2.75) is 13.5 Å². The van der Waals surface area contributed by atoms with Crippen molar-refractivity contribution in [1.29, 1.82) is 5.26 Å². The number of nitrogens with one attached hydrogen (secondary N) is 1. The van der Waals surface area contributed by atoms with Crippen LogP contribution in [0, 0.1) is 24.1 Å². The Hall–Kier alpha value is -2.85. The number of hydrazine groups is 1. The number of ether oxygens (including phenoxy) is 1. The van der Waals surface area contributed by atoms with Crippen LogP contribution >= 0.6 is 0 Å². The van der Waals surface area contributed by atoms with E-state index in [2.05, 4.69) is 0 Å². The summed E-state index contributed by atoms with van der Waals surface area (Å²) in [4.78, 5) is 11.4. The van der Waals surface area contributed by atoms with Crippen molar-refractivity contribution in [3.8, 4) is 11.8 Å². The van der Waals surface area contributed by atoms with E-state index in [1.807, 2.05) is 11.5 Å². The molecule has 0 spiro atoms. The van der Waals surface area contributed by atoms with Gasteiger partial charge in [-0.05, 0) is 31.2 Å². The van der Waals surface area contributed by atoms with Gasteiger partial charge in [0, 0.05) is 0 Å². The summed E-state index contributed by atoms with van der Waals surface area (Å²) in [5.74, 6) is 4.66. The molecule has 1 heterocycles. The van der Waals surface area contributed by atoms with E-state index in [1.165, 1.54) is 18.2 Å². The summed E-state index contributed by atoms with van der Waals surface area (Å²) in [5.41, 5.74) is 2.49. The summed E-state index contributed by atoms with van der Waals surface area (Å²) in [6, 6.07) is 7.18. The van der Waals surface area contributed by atoms with Crippen LogP contribution in [-0.4, -0.2) is 5.91 Å². The van der Waals surface area contributed by atoms with Crippen LogP contribution in [0.5, 0.6) is 5.75 Å². The van der Waals surface area contributed by atoms with E-state index in [0.29, 0.717) is 11.5 Å². The summed E-state index contributed by atoms with van der Waals surface area (Å²) in [7, 11) is 0. The van der Waals surface area contributed by atoms with Gasteiger partial charge in [-0.15, -0.1) is 0 Å². The molecule has 2 aromatic rings. The molecule has 7 heteroatoms. The molecule has 3 N–H and O–H groups in total. The first-order chi connectivity index (χ1) is 10.0. The summed E-state index contributed by atoms with van der Waals surface area (Å²) in [6.45, 7) is 1.55. The molecule has 108 valence electrons. The minimum atomic E-state index is -0.641. The van der Waals surface area contributed by atoms with Crippen molar-refractivity contribution < 1.29 is 18.3 Å². The van der Waals surface area contributed by atoms with E-state index in [9.17, 15) is 9.18 Å². The Kier molecular flexibility index (Phi) is 4.21. The average molecular weight is 289 g/mol. The SMILES string of the molecule is Cc1oc(COc2ccc(C#N)cc2F)cc1C(=O)NN. The van der Waals surface area contributed by atoms with Crippen molar-refractivity contribution in [3.05, 3.63) is 52.7 Å². The predicted octanol–water partition coefficient (Wildman–Crippen LogP) is 1.78. The number of amides is 1. The minimum absolute atomic E-state index is 0.00659. The Morgan fingerprint density at radius 3 is 2.90 bits per heavy atom. The highest BCUT2D eigenvalue weighted by Crippen LogP contribution is 2.21. The van der Waals surface area contributed by atoms with Crippen molar-refractivity contribution in [3.63, 3.8) is 0 Å². The lowest BCUT2D eigenvalue weighted by atomic mass is 10.2. The number of carbonyl (C=O) groups excluding carboxylic acids is 1. The average Bonchev–Trinajstić information content (AvgIpc) is 2.86. The van der Waals surface area contributed by atoms with Gasteiger partial charge in [0.25, 0.3) is 5.91 Å². The standard InChI is InChI=1S/C14H12FN3O3/c1-8-11(14(19)18-17)5-10(21-8)7-20-13-3-2-9(6-16)4-12(13)15/h2-5H,7,17H2,1H3,(H,18,19). The second kappa shape index (κ2) is 6.07. The third-order valence-corrected chi connectivity index (χ3v) is 2.78. The lowest BCUT2D eigenvalue weighted by Crippen LogP contribution is -2.30. The zero-order chi connectivity index (χ0) is 15.4. The lowest BCUT2D eigenvalue weighted by Gasteiger charge is -2.05. The number of hydrogen-bond acceptors (Lipinski definition) is 5. The third kappa shape index (κ3) is 3.19. The number of nitrogens with two attached hydrogens (primary N) is 1. The molecule has 0 saturated heterocycles. The highest BCUT2D eigenvalue weighted by molar-refractivity contribution is 5.94. The van der Waals surface area contributed by atoms with Gasteiger partial charge in [-0.3, -0.25) is 10.2 Å². The second-order valence-corrected chi connectivity index (χ2v) is 4.20. The maximum absolute atomic E-state index is 13.6. The molecule has 6 nitrogen and oxygen atoms in total. The molecular weight excluding hydrogens is 277 g/mol.